The Hall–Kier alpha value is -2.34. The maximum atomic E-state index is 13.2. The first-order valence-corrected chi connectivity index (χ1v) is 9.86. The Balaban J connectivity index is 1.45. The van der Waals surface area contributed by atoms with E-state index in [-0.39, 0.29) is 12.4 Å². The third-order valence-electron chi connectivity index (χ3n) is 5.62. The molecule has 0 amide bonds. The summed E-state index contributed by atoms with van der Waals surface area (Å²) in [7, 11) is 0. The van der Waals surface area contributed by atoms with Gasteiger partial charge < -0.3 is 5.11 Å². The van der Waals surface area contributed by atoms with Gasteiger partial charge in [-0.15, -0.1) is 0 Å². The van der Waals surface area contributed by atoms with Crippen LogP contribution in [0.3, 0.4) is 0 Å². The zero-order valence-corrected chi connectivity index (χ0v) is 16.0. The molecule has 1 aliphatic heterocycles. The number of halogens is 1. The first-order chi connectivity index (χ1) is 13.7. The van der Waals surface area contributed by atoms with E-state index in [1.54, 1.807) is 0 Å². The molecule has 1 atom stereocenters. The molecule has 2 heterocycles. The first kappa shape index (κ1) is 19.0. The van der Waals surface area contributed by atoms with Crippen molar-refractivity contribution in [3.8, 4) is 0 Å². The van der Waals surface area contributed by atoms with E-state index in [2.05, 4.69) is 39.0 Å². The second kappa shape index (κ2) is 8.78. The lowest BCUT2D eigenvalue weighted by Gasteiger charge is -2.41. The van der Waals surface area contributed by atoms with Crippen molar-refractivity contribution in [1.29, 1.82) is 0 Å². The molecule has 4 nitrogen and oxygen atoms in total. The molecular weight excluding hydrogens is 353 g/mol. The van der Waals surface area contributed by atoms with Crippen LogP contribution in [0.2, 0.25) is 0 Å². The standard InChI is InChI=1S/C23H26FN3O/c24-21-6-4-18(5-7-21)15-27-12-11-26(17-22(27)9-13-28)16-20-3-1-2-19-14-25-10-8-23(19)20/h1-8,10,14,22,28H,9,11-13,15-17H2/t22-/m0/s1. The molecule has 5 heteroatoms. The number of piperazine rings is 1. The van der Waals surface area contributed by atoms with Gasteiger partial charge >= 0.3 is 0 Å². The van der Waals surface area contributed by atoms with Gasteiger partial charge in [-0.05, 0) is 41.1 Å². The predicted molar refractivity (Wildman–Crippen MR) is 109 cm³/mol. The molecular formula is C23H26FN3O. The average molecular weight is 379 g/mol. The predicted octanol–water partition coefficient (Wildman–Crippen LogP) is 3.44. The van der Waals surface area contributed by atoms with Crippen molar-refractivity contribution in [1.82, 2.24) is 14.8 Å². The summed E-state index contributed by atoms with van der Waals surface area (Å²) in [4.78, 5) is 9.10. The third kappa shape index (κ3) is 4.38. The lowest BCUT2D eigenvalue weighted by molar-refractivity contribution is 0.0501. The number of rotatable bonds is 6. The van der Waals surface area contributed by atoms with Crippen LogP contribution in [0.15, 0.2) is 60.9 Å². The van der Waals surface area contributed by atoms with E-state index >= 15 is 0 Å². The molecule has 0 spiro atoms. The number of aromatic nitrogens is 1. The Bertz CT molecular complexity index is 910. The lowest BCUT2D eigenvalue weighted by Crippen LogP contribution is -2.52. The molecule has 0 saturated carbocycles. The van der Waals surface area contributed by atoms with Crippen LogP contribution in [0.1, 0.15) is 17.5 Å². The normalized spacial score (nSPS) is 18.6. The van der Waals surface area contributed by atoms with Gasteiger partial charge in [0.1, 0.15) is 5.82 Å². The van der Waals surface area contributed by atoms with Gasteiger partial charge in [0, 0.05) is 63.2 Å². The molecule has 1 fully saturated rings. The highest BCUT2D eigenvalue weighted by molar-refractivity contribution is 5.84. The fourth-order valence-corrected chi connectivity index (χ4v) is 4.12. The summed E-state index contributed by atoms with van der Waals surface area (Å²) in [5.41, 5.74) is 2.42. The van der Waals surface area contributed by atoms with Gasteiger partial charge in [0.2, 0.25) is 0 Å². The molecule has 0 bridgehead atoms. The molecule has 4 rings (SSSR count). The minimum Gasteiger partial charge on any atom is -0.396 e. The quantitative estimate of drug-likeness (QED) is 0.712. The molecule has 28 heavy (non-hydrogen) atoms. The Morgan fingerprint density at radius 2 is 1.89 bits per heavy atom. The van der Waals surface area contributed by atoms with Crippen molar-refractivity contribution < 1.29 is 9.50 Å². The zero-order valence-electron chi connectivity index (χ0n) is 16.0. The van der Waals surface area contributed by atoms with Crippen LogP contribution in [-0.2, 0) is 13.1 Å². The van der Waals surface area contributed by atoms with Gasteiger partial charge in [-0.3, -0.25) is 14.8 Å². The fourth-order valence-electron chi connectivity index (χ4n) is 4.12. The SMILES string of the molecule is OCC[C@H]1CN(Cc2cccc3cnccc23)CCN1Cc1ccc(F)cc1. The van der Waals surface area contributed by atoms with E-state index in [0.717, 1.165) is 44.7 Å². The number of nitrogens with zero attached hydrogens (tertiary/aromatic N) is 3. The van der Waals surface area contributed by atoms with Gasteiger partial charge in [0.15, 0.2) is 0 Å². The van der Waals surface area contributed by atoms with Crippen LogP contribution in [0, 0.1) is 5.82 Å². The van der Waals surface area contributed by atoms with Crippen LogP contribution in [0.4, 0.5) is 4.39 Å². The Labute approximate surface area is 165 Å². The second-order valence-corrected chi connectivity index (χ2v) is 7.51. The maximum absolute atomic E-state index is 13.2. The summed E-state index contributed by atoms with van der Waals surface area (Å²) in [5.74, 6) is -0.203. The third-order valence-corrected chi connectivity index (χ3v) is 5.62. The number of aliphatic hydroxyl groups excluding tert-OH is 1. The van der Waals surface area contributed by atoms with Crippen LogP contribution in [0.25, 0.3) is 10.8 Å². The zero-order chi connectivity index (χ0) is 19.3. The topological polar surface area (TPSA) is 39.6 Å². The summed E-state index contributed by atoms with van der Waals surface area (Å²) < 4.78 is 13.2. The summed E-state index contributed by atoms with van der Waals surface area (Å²) >= 11 is 0. The summed E-state index contributed by atoms with van der Waals surface area (Å²) in [6.45, 7) is 4.70. The van der Waals surface area contributed by atoms with Crippen molar-refractivity contribution in [2.24, 2.45) is 0 Å². The van der Waals surface area contributed by atoms with Gasteiger partial charge in [-0.1, -0.05) is 30.3 Å². The average Bonchev–Trinajstić information content (AvgIpc) is 2.72. The number of aliphatic hydroxyl groups is 1. The molecule has 1 saturated heterocycles. The highest BCUT2D eigenvalue weighted by atomic mass is 19.1. The highest BCUT2D eigenvalue weighted by Crippen LogP contribution is 2.22. The van der Waals surface area contributed by atoms with Crippen molar-refractivity contribution in [2.75, 3.05) is 26.2 Å². The first-order valence-electron chi connectivity index (χ1n) is 9.86. The van der Waals surface area contributed by atoms with Crippen molar-refractivity contribution in [3.63, 3.8) is 0 Å². The van der Waals surface area contributed by atoms with Gasteiger partial charge in [0.05, 0.1) is 0 Å². The summed E-state index contributed by atoms with van der Waals surface area (Å²) in [6, 6.07) is 15.5. The largest absolute Gasteiger partial charge is 0.396 e. The van der Waals surface area contributed by atoms with Crippen molar-refractivity contribution >= 4 is 10.8 Å². The second-order valence-electron chi connectivity index (χ2n) is 7.51. The molecule has 146 valence electrons. The molecule has 0 unspecified atom stereocenters. The van der Waals surface area contributed by atoms with E-state index in [9.17, 15) is 9.50 Å². The number of fused-ring (bicyclic) bond motifs is 1. The molecule has 3 aromatic rings. The fraction of sp³-hybridized carbons (Fsp3) is 0.348. The van der Waals surface area contributed by atoms with Gasteiger partial charge in [-0.2, -0.15) is 0 Å². The summed E-state index contributed by atoms with van der Waals surface area (Å²) in [6.07, 6.45) is 4.51. The summed E-state index contributed by atoms with van der Waals surface area (Å²) in [5, 5.41) is 12.0. The maximum Gasteiger partial charge on any atom is 0.123 e. The van der Waals surface area contributed by atoms with Crippen LogP contribution in [-0.4, -0.2) is 52.2 Å². The van der Waals surface area contributed by atoms with Gasteiger partial charge in [0.25, 0.3) is 0 Å². The van der Waals surface area contributed by atoms with Crippen molar-refractivity contribution in [3.05, 3.63) is 77.9 Å². The molecule has 1 aromatic heterocycles. The van der Waals surface area contributed by atoms with Crippen LogP contribution < -0.4 is 0 Å². The Kier molecular flexibility index (Phi) is 5.95. The smallest absolute Gasteiger partial charge is 0.123 e. The van der Waals surface area contributed by atoms with E-state index in [0.29, 0.717) is 6.04 Å². The molecule has 1 aliphatic rings. The van der Waals surface area contributed by atoms with Crippen LogP contribution >= 0.6 is 0 Å². The number of hydrogen-bond donors (Lipinski definition) is 1. The van der Waals surface area contributed by atoms with Gasteiger partial charge in [-0.25, -0.2) is 4.39 Å². The van der Waals surface area contributed by atoms with E-state index < -0.39 is 0 Å². The Morgan fingerprint density at radius 3 is 2.71 bits per heavy atom. The molecule has 2 aromatic carbocycles. The van der Waals surface area contributed by atoms with E-state index in [1.807, 2.05) is 24.5 Å². The van der Waals surface area contributed by atoms with E-state index in [1.165, 1.54) is 28.5 Å². The molecule has 0 radical (unpaired) electrons. The minimum atomic E-state index is -0.203. The molecule has 0 aliphatic carbocycles. The number of benzene rings is 2. The van der Waals surface area contributed by atoms with E-state index in [4.69, 9.17) is 0 Å². The number of pyridine rings is 1. The number of hydrogen-bond acceptors (Lipinski definition) is 4. The van der Waals surface area contributed by atoms with Crippen LogP contribution in [0.5, 0.6) is 0 Å². The van der Waals surface area contributed by atoms with Crippen molar-refractivity contribution in [2.45, 2.75) is 25.6 Å². The lowest BCUT2D eigenvalue weighted by atomic mass is 10.0. The minimum absolute atomic E-state index is 0.179. The Morgan fingerprint density at radius 1 is 1.04 bits per heavy atom. The molecule has 1 N–H and O–H groups in total. The highest BCUT2D eigenvalue weighted by Gasteiger charge is 2.26. The monoisotopic (exact) mass is 379 g/mol.